The van der Waals surface area contributed by atoms with Gasteiger partial charge in [-0.2, -0.15) is 0 Å². The lowest BCUT2D eigenvalue weighted by Gasteiger charge is -2.44. The number of para-hydroxylation sites is 1. The van der Waals surface area contributed by atoms with Crippen LogP contribution in [0.1, 0.15) is 44.7 Å². The molecule has 4 heteroatoms. The summed E-state index contributed by atoms with van der Waals surface area (Å²) in [6.07, 6.45) is 0.950. The van der Waals surface area contributed by atoms with E-state index in [-0.39, 0.29) is 18.3 Å². The Labute approximate surface area is 149 Å². The van der Waals surface area contributed by atoms with Crippen LogP contribution in [-0.2, 0) is 19.9 Å². The molecule has 3 atom stereocenters. The van der Waals surface area contributed by atoms with Crippen molar-refractivity contribution in [3.63, 3.8) is 0 Å². The minimum absolute atomic E-state index is 0.217. The van der Waals surface area contributed by atoms with Crippen LogP contribution >= 0.6 is 0 Å². The Balaban J connectivity index is 1.97. The molecule has 0 amide bonds. The molecule has 3 rings (SSSR count). The van der Waals surface area contributed by atoms with Crippen LogP contribution in [0.25, 0.3) is 0 Å². The van der Waals surface area contributed by atoms with Gasteiger partial charge >= 0.3 is 5.97 Å². The molecule has 0 saturated carbocycles. The highest BCUT2D eigenvalue weighted by Crippen LogP contribution is 2.45. The zero-order valence-electron chi connectivity index (χ0n) is 15.0. The maximum absolute atomic E-state index is 11.2. The average Bonchev–Trinajstić information content (AvgIpc) is 2.61. The Bertz CT molecular complexity index is 731. The second-order valence-electron chi connectivity index (χ2n) is 6.50. The van der Waals surface area contributed by atoms with Crippen molar-refractivity contribution in [2.24, 2.45) is 0 Å². The van der Waals surface area contributed by atoms with E-state index in [2.05, 4.69) is 36.5 Å². The molecule has 0 spiro atoms. The van der Waals surface area contributed by atoms with Gasteiger partial charge in [0.2, 0.25) is 0 Å². The van der Waals surface area contributed by atoms with Crippen molar-refractivity contribution in [2.75, 3.05) is 5.32 Å². The molecule has 0 fully saturated rings. The fourth-order valence-corrected chi connectivity index (χ4v) is 3.62. The lowest BCUT2D eigenvalue weighted by molar-refractivity contribution is -0.148. The fourth-order valence-electron chi connectivity index (χ4n) is 3.62. The summed E-state index contributed by atoms with van der Waals surface area (Å²) in [5.41, 5.74) is 2.83. The van der Waals surface area contributed by atoms with Gasteiger partial charge in [-0.15, -0.1) is 0 Å². The highest BCUT2D eigenvalue weighted by molar-refractivity contribution is 5.66. The molecule has 0 bridgehead atoms. The third kappa shape index (κ3) is 3.54. The standard InChI is InChI=1S/C21H25NO3/c1-4-21(17-10-6-5-7-11-17)18-12-8-9-13-19(18)22-20(25-21)14-15(2)24-16(3)23/h5-13,15,20,22H,4,14H2,1-3H3. The van der Waals surface area contributed by atoms with Crippen LogP contribution in [0.5, 0.6) is 0 Å². The SMILES string of the molecule is CCC1(c2ccccc2)OC(CC(C)OC(C)=O)Nc2ccccc21. The monoisotopic (exact) mass is 339 g/mol. The molecule has 2 aromatic rings. The summed E-state index contributed by atoms with van der Waals surface area (Å²) >= 11 is 0. The van der Waals surface area contributed by atoms with Gasteiger partial charge < -0.3 is 14.8 Å². The maximum Gasteiger partial charge on any atom is 0.302 e. The van der Waals surface area contributed by atoms with Crippen molar-refractivity contribution in [3.8, 4) is 0 Å². The number of carbonyl (C=O) groups is 1. The summed E-state index contributed by atoms with van der Waals surface area (Å²) in [6, 6.07) is 18.6. The average molecular weight is 339 g/mol. The Kier molecular flexibility index (Phi) is 5.09. The van der Waals surface area contributed by atoms with Gasteiger partial charge in [0, 0.05) is 24.6 Å². The van der Waals surface area contributed by atoms with E-state index in [9.17, 15) is 4.79 Å². The van der Waals surface area contributed by atoms with Gasteiger partial charge in [0.15, 0.2) is 0 Å². The summed E-state index contributed by atoms with van der Waals surface area (Å²) in [7, 11) is 0. The number of anilines is 1. The van der Waals surface area contributed by atoms with Crippen LogP contribution in [0, 0.1) is 0 Å². The molecule has 3 unspecified atom stereocenters. The molecular weight excluding hydrogens is 314 g/mol. The number of hydrogen-bond donors (Lipinski definition) is 1. The first kappa shape index (κ1) is 17.5. The number of benzene rings is 2. The molecule has 0 saturated heterocycles. The van der Waals surface area contributed by atoms with E-state index < -0.39 is 5.60 Å². The molecule has 1 aliphatic rings. The minimum Gasteiger partial charge on any atom is -0.463 e. The molecule has 1 heterocycles. The van der Waals surface area contributed by atoms with E-state index in [1.165, 1.54) is 6.92 Å². The van der Waals surface area contributed by atoms with E-state index in [1.54, 1.807) is 0 Å². The van der Waals surface area contributed by atoms with Gasteiger partial charge in [-0.25, -0.2) is 0 Å². The smallest absolute Gasteiger partial charge is 0.302 e. The Morgan fingerprint density at radius 1 is 1.20 bits per heavy atom. The number of ether oxygens (including phenoxy) is 2. The topological polar surface area (TPSA) is 47.6 Å². The Morgan fingerprint density at radius 2 is 1.88 bits per heavy atom. The number of carbonyl (C=O) groups excluding carboxylic acids is 1. The van der Waals surface area contributed by atoms with Crippen molar-refractivity contribution < 1.29 is 14.3 Å². The van der Waals surface area contributed by atoms with Crippen LogP contribution < -0.4 is 5.32 Å². The highest BCUT2D eigenvalue weighted by Gasteiger charge is 2.41. The minimum atomic E-state index is -0.510. The predicted molar refractivity (Wildman–Crippen MR) is 98.3 cm³/mol. The van der Waals surface area contributed by atoms with Crippen molar-refractivity contribution >= 4 is 11.7 Å². The molecule has 25 heavy (non-hydrogen) atoms. The number of rotatable bonds is 5. The molecule has 1 N–H and O–H groups in total. The second kappa shape index (κ2) is 7.28. The first-order chi connectivity index (χ1) is 12.0. The maximum atomic E-state index is 11.2. The summed E-state index contributed by atoms with van der Waals surface area (Å²) in [5, 5.41) is 3.45. The van der Waals surface area contributed by atoms with Crippen molar-refractivity contribution in [1.29, 1.82) is 0 Å². The Hall–Kier alpha value is -2.33. The lowest BCUT2D eigenvalue weighted by atomic mass is 9.81. The van der Waals surface area contributed by atoms with Crippen molar-refractivity contribution in [3.05, 3.63) is 65.7 Å². The molecule has 4 nitrogen and oxygen atoms in total. The summed E-state index contributed by atoms with van der Waals surface area (Å²) in [6.45, 7) is 5.46. The first-order valence-corrected chi connectivity index (χ1v) is 8.81. The van der Waals surface area contributed by atoms with E-state index >= 15 is 0 Å². The van der Waals surface area contributed by atoms with Gasteiger partial charge in [-0.3, -0.25) is 4.79 Å². The molecule has 0 aromatic heterocycles. The summed E-state index contributed by atoms with van der Waals surface area (Å²) < 4.78 is 11.9. The third-order valence-corrected chi connectivity index (χ3v) is 4.67. The molecule has 0 radical (unpaired) electrons. The highest BCUT2D eigenvalue weighted by atomic mass is 16.6. The van der Waals surface area contributed by atoms with Gasteiger partial charge in [-0.1, -0.05) is 55.5 Å². The second-order valence-corrected chi connectivity index (χ2v) is 6.50. The van der Waals surface area contributed by atoms with Crippen LogP contribution in [0.15, 0.2) is 54.6 Å². The lowest BCUT2D eigenvalue weighted by Crippen LogP contribution is -2.44. The first-order valence-electron chi connectivity index (χ1n) is 8.81. The zero-order chi connectivity index (χ0) is 17.9. The van der Waals surface area contributed by atoms with E-state index in [4.69, 9.17) is 9.47 Å². The largest absolute Gasteiger partial charge is 0.463 e. The van der Waals surface area contributed by atoms with E-state index in [1.807, 2.05) is 37.3 Å². The summed E-state index contributed by atoms with van der Waals surface area (Å²) in [5.74, 6) is -0.270. The molecule has 2 aromatic carbocycles. The molecular formula is C21H25NO3. The van der Waals surface area contributed by atoms with Gasteiger partial charge in [0.25, 0.3) is 0 Å². The van der Waals surface area contributed by atoms with E-state index in [0.29, 0.717) is 6.42 Å². The Morgan fingerprint density at radius 3 is 2.56 bits per heavy atom. The number of nitrogens with one attached hydrogen (secondary N) is 1. The summed E-state index contributed by atoms with van der Waals surface area (Å²) in [4.78, 5) is 11.2. The molecule has 132 valence electrons. The van der Waals surface area contributed by atoms with Crippen molar-refractivity contribution in [2.45, 2.75) is 51.5 Å². The van der Waals surface area contributed by atoms with E-state index in [0.717, 1.165) is 23.2 Å². The number of hydrogen-bond acceptors (Lipinski definition) is 4. The normalized spacial score (nSPS) is 23.2. The molecule has 0 aliphatic carbocycles. The third-order valence-electron chi connectivity index (χ3n) is 4.67. The fraction of sp³-hybridized carbons (Fsp3) is 0.381. The van der Waals surface area contributed by atoms with Crippen LogP contribution in [0.2, 0.25) is 0 Å². The van der Waals surface area contributed by atoms with Crippen LogP contribution in [0.4, 0.5) is 5.69 Å². The van der Waals surface area contributed by atoms with Gasteiger partial charge in [0.1, 0.15) is 17.9 Å². The van der Waals surface area contributed by atoms with Gasteiger partial charge in [-0.05, 0) is 25.0 Å². The van der Waals surface area contributed by atoms with Crippen LogP contribution in [-0.4, -0.2) is 18.3 Å². The zero-order valence-corrected chi connectivity index (χ0v) is 15.0. The number of esters is 1. The quantitative estimate of drug-likeness (QED) is 0.818. The van der Waals surface area contributed by atoms with Crippen LogP contribution in [0.3, 0.4) is 0 Å². The van der Waals surface area contributed by atoms with Crippen molar-refractivity contribution in [1.82, 2.24) is 0 Å². The predicted octanol–water partition coefficient (Wildman–Crippen LogP) is 4.45. The number of fused-ring (bicyclic) bond motifs is 1. The van der Waals surface area contributed by atoms with Gasteiger partial charge in [0.05, 0.1) is 0 Å². The molecule has 1 aliphatic heterocycles.